The van der Waals surface area contributed by atoms with Crippen LogP contribution in [-0.2, 0) is 32.7 Å². The lowest BCUT2D eigenvalue weighted by molar-refractivity contribution is -0.161. The summed E-state index contributed by atoms with van der Waals surface area (Å²) in [5, 5.41) is 0. The molecule has 0 fully saturated rings. The number of unbranched alkanes of at least 4 members (excludes halogenated alkanes) is 28. The maximum absolute atomic E-state index is 12.7. The van der Waals surface area contributed by atoms with E-state index in [-0.39, 0.29) is 38.6 Å². The lowest BCUT2D eigenvalue weighted by Crippen LogP contribution is -2.29. The van der Waals surface area contributed by atoms with E-state index in [9.17, 15) is 19.0 Å². The van der Waals surface area contributed by atoms with Gasteiger partial charge in [0.2, 0.25) is 0 Å². The highest BCUT2D eigenvalue weighted by molar-refractivity contribution is 7.47. The van der Waals surface area contributed by atoms with Gasteiger partial charge in [0.25, 0.3) is 0 Å². The zero-order valence-corrected chi connectivity index (χ0v) is 52.9. The van der Waals surface area contributed by atoms with Crippen molar-refractivity contribution in [3.63, 3.8) is 0 Å². The normalized spacial score (nSPS) is 13.8. The van der Waals surface area contributed by atoms with Crippen molar-refractivity contribution < 1.29 is 37.6 Å². The van der Waals surface area contributed by atoms with Crippen molar-refractivity contribution in [3.8, 4) is 0 Å². The van der Waals surface area contributed by atoms with Crippen LogP contribution in [0.5, 0.6) is 0 Å². The molecule has 0 aliphatic carbocycles. The zero-order valence-electron chi connectivity index (χ0n) is 52.0. The first-order valence-electron chi connectivity index (χ1n) is 33.0. The minimum absolute atomic E-state index is 0.0455. The molecule has 0 saturated heterocycles. The Hall–Kier alpha value is -3.59. The molecule has 0 aromatic carbocycles. The summed E-state index contributed by atoms with van der Waals surface area (Å²) in [6.07, 6.45) is 91.3. The Labute approximate surface area is 498 Å². The Morgan fingerprint density at radius 2 is 0.679 bits per heavy atom. The molecule has 0 aromatic heterocycles. The number of esters is 2. The van der Waals surface area contributed by atoms with Crippen LogP contribution < -0.4 is 5.73 Å². The van der Waals surface area contributed by atoms with Crippen molar-refractivity contribution in [2.75, 3.05) is 26.4 Å². The van der Waals surface area contributed by atoms with Gasteiger partial charge in [-0.1, -0.05) is 283 Å². The summed E-state index contributed by atoms with van der Waals surface area (Å²) in [6.45, 7) is 3.62. The number of allylic oxidation sites excluding steroid dienone is 20. The van der Waals surface area contributed by atoms with E-state index < -0.39 is 26.5 Å². The van der Waals surface area contributed by atoms with Crippen molar-refractivity contribution in [1.29, 1.82) is 0 Å². The molecule has 0 spiro atoms. The number of carbonyl (C=O) groups excluding carboxylic acids is 2. The number of nitrogens with two attached hydrogens (primary N) is 1. The second kappa shape index (κ2) is 65.6. The van der Waals surface area contributed by atoms with Gasteiger partial charge < -0.3 is 20.1 Å². The van der Waals surface area contributed by atoms with Crippen LogP contribution in [0.1, 0.15) is 284 Å². The van der Waals surface area contributed by atoms with E-state index >= 15 is 0 Å². The molecule has 81 heavy (non-hydrogen) atoms. The van der Waals surface area contributed by atoms with E-state index in [4.69, 9.17) is 24.3 Å². The number of ether oxygens (including phenoxy) is 2. The van der Waals surface area contributed by atoms with Crippen LogP contribution in [0.25, 0.3) is 0 Å². The van der Waals surface area contributed by atoms with Crippen molar-refractivity contribution in [1.82, 2.24) is 0 Å². The minimum atomic E-state index is -4.40. The van der Waals surface area contributed by atoms with Gasteiger partial charge in [-0.2, -0.15) is 0 Å². The fourth-order valence-electron chi connectivity index (χ4n) is 8.98. The van der Waals surface area contributed by atoms with Gasteiger partial charge >= 0.3 is 19.8 Å². The van der Waals surface area contributed by atoms with Gasteiger partial charge in [-0.3, -0.25) is 18.6 Å². The number of phosphoric ester groups is 1. The SMILES string of the molecule is CC/C=C\C/C=C\C/C=C\C/C=C\C/C=C\C/C=C\C/C=C\C/C=C\CCCCCCCCC(=O)OC(COC(=O)CCCCCCCCCCCCCCCCCCC/C=C\C/C=C\CCCCCCC)COP(=O)(O)OCCN. The van der Waals surface area contributed by atoms with Gasteiger partial charge in [-0.15, -0.1) is 0 Å². The third-order valence-corrected chi connectivity index (χ3v) is 14.8. The van der Waals surface area contributed by atoms with Crippen LogP contribution in [0.3, 0.4) is 0 Å². The summed E-state index contributed by atoms with van der Waals surface area (Å²) >= 11 is 0. The van der Waals surface area contributed by atoms with Gasteiger partial charge in [0, 0.05) is 19.4 Å². The molecule has 0 aliphatic rings. The predicted molar refractivity (Wildman–Crippen MR) is 348 cm³/mol. The highest BCUT2D eigenvalue weighted by atomic mass is 31.2. The molecule has 0 rings (SSSR count). The van der Waals surface area contributed by atoms with Crippen molar-refractivity contribution in [2.24, 2.45) is 5.73 Å². The second-order valence-corrected chi connectivity index (χ2v) is 23.1. The lowest BCUT2D eigenvalue weighted by atomic mass is 10.0. The molecule has 0 heterocycles. The van der Waals surface area contributed by atoms with Gasteiger partial charge in [0.05, 0.1) is 13.2 Å². The first-order chi connectivity index (χ1) is 39.8. The largest absolute Gasteiger partial charge is 0.472 e. The Bertz CT molecular complexity index is 1740. The molecule has 0 aliphatic heterocycles. The summed E-state index contributed by atoms with van der Waals surface area (Å²) < 4.78 is 33.1. The first kappa shape index (κ1) is 77.4. The topological polar surface area (TPSA) is 134 Å². The molecule has 10 heteroatoms. The monoisotopic (exact) mass is 1150 g/mol. The summed E-state index contributed by atoms with van der Waals surface area (Å²) in [5.74, 6) is -0.844. The number of hydrogen-bond donors (Lipinski definition) is 2. The van der Waals surface area contributed by atoms with Crippen LogP contribution in [0, 0.1) is 0 Å². The van der Waals surface area contributed by atoms with Crippen LogP contribution in [0.4, 0.5) is 0 Å². The van der Waals surface area contributed by atoms with Crippen molar-refractivity contribution in [3.05, 3.63) is 122 Å². The Morgan fingerprint density at radius 1 is 0.383 bits per heavy atom. The summed E-state index contributed by atoms with van der Waals surface area (Å²) in [6, 6.07) is 0. The highest BCUT2D eigenvalue weighted by Gasteiger charge is 2.26. The van der Waals surface area contributed by atoms with Gasteiger partial charge in [0.15, 0.2) is 6.10 Å². The van der Waals surface area contributed by atoms with E-state index in [0.29, 0.717) is 6.42 Å². The lowest BCUT2D eigenvalue weighted by Gasteiger charge is -2.19. The number of carbonyl (C=O) groups is 2. The Balaban J connectivity index is 3.98. The van der Waals surface area contributed by atoms with Crippen LogP contribution in [0.15, 0.2) is 122 Å². The van der Waals surface area contributed by atoms with E-state index in [1.165, 1.54) is 135 Å². The maximum Gasteiger partial charge on any atom is 0.472 e. The molecule has 2 unspecified atom stereocenters. The molecule has 0 aromatic rings. The maximum atomic E-state index is 12.7. The first-order valence-corrected chi connectivity index (χ1v) is 34.5. The van der Waals surface area contributed by atoms with Crippen molar-refractivity contribution in [2.45, 2.75) is 290 Å². The predicted octanol–water partition coefficient (Wildman–Crippen LogP) is 21.5. The number of phosphoric acid groups is 1. The molecular weight excluding hydrogens is 1030 g/mol. The second-order valence-electron chi connectivity index (χ2n) is 21.6. The molecule has 0 radical (unpaired) electrons. The third kappa shape index (κ3) is 65.4. The number of hydrogen-bond acceptors (Lipinski definition) is 8. The highest BCUT2D eigenvalue weighted by Crippen LogP contribution is 2.43. The Morgan fingerprint density at radius 3 is 1.01 bits per heavy atom. The molecule has 464 valence electrons. The average molecular weight is 1150 g/mol. The van der Waals surface area contributed by atoms with Gasteiger partial charge in [-0.05, 0) is 109 Å². The summed E-state index contributed by atoms with van der Waals surface area (Å²) in [5.41, 5.74) is 5.39. The smallest absolute Gasteiger partial charge is 0.462 e. The van der Waals surface area contributed by atoms with E-state index in [2.05, 4.69) is 135 Å². The zero-order chi connectivity index (χ0) is 58.7. The standard InChI is InChI=1S/C71H122NO8P/c1-3-5-7-9-11-13-15-17-19-21-23-25-27-29-31-33-34-36-38-40-42-44-46-48-50-52-54-56-58-60-62-64-71(74)80-69(68-79-81(75,76)78-66-65-72)67-77-70(73)63-61-59-57-55-53-51-49-47-45-43-41-39-37-35-32-30-28-26-24-22-20-18-16-14-12-10-8-6-4-2/h5,7,11,13,16-19,22-25,29,31,34,36,40,42,46,48,69H,3-4,6,8-10,12,14-15,20-21,26-28,30,32-33,35,37-39,41,43-45,47,49-68,72H2,1-2H3,(H,75,76)/b7-5-,13-11-,18-16-,19-17-,24-22-,25-23-,31-29-,36-34-,42-40-,48-46-. The Kier molecular flexibility index (Phi) is 62.7. The fourth-order valence-corrected chi connectivity index (χ4v) is 9.74. The molecule has 3 N–H and O–H groups in total. The minimum Gasteiger partial charge on any atom is -0.462 e. The summed E-state index contributed by atoms with van der Waals surface area (Å²) in [7, 11) is -4.40. The van der Waals surface area contributed by atoms with E-state index in [1.54, 1.807) is 0 Å². The van der Waals surface area contributed by atoms with Crippen LogP contribution >= 0.6 is 7.82 Å². The number of rotatable bonds is 61. The molecule has 0 bridgehead atoms. The molecule has 0 amide bonds. The molecule has 9 nitrogen and oxygen atoms in total. The third-order valence-electron chi connectivity index (χ3n) is 13.8. The van der Waals surface area contributed by atoms with Crippen LogP contribution in [0.2, 0.25) is 0 Å². The van der Waals surface area contributed by atoms with E-state index in [1.807, 2.05) is 0 Å². The quantitative estimate of drug-likeness (QED) is 0.0264. The fraction of sp³-hybridized carbons (Fsp3) is 0.690. The molecule has 0 saturated carbocycles. The van der Waals surface area contributed by atoms with Crippen LogP contribution in [-0.4, -0.2) is 49.3 Å². The van der Waals surface area contributed by atoms with Crippen molar-refractivity contribution >= 4 is 19.8 Å². The summed E-state index contributed by atoms with van der Waals surface area (Å²) in [4.78, 5) is 35.3. The molecule has 2 atom stereocenters. The van der Waals surface area contributed by atoms with E-state index in [0.717, 1.165) is 116 Å². The van der Waals surface area contributed by atoms with Gasteiger partial charge in [0.1, 0.15) is 6.61 Å². The van der Waals surface area contributed by atoms with Gasteiger partial charge in [-0.25, -0.2) is 4.57 Å². The average Bonchev–Trinajstić information content (AvgIpc) is 3.46. The molecular formula is C71H122NO8P.